The number of aromatic nitrogens is 2. The molecular formula is C22H23ClN4O3. The molecule has 3 heterocycles. The number of fused-ring (bicyclic) bond motifs is 1. The molecule has 2 fully saturated rings. The Hall–Kier alpha value is -2.80. The number of carbonyl (C=O) groups is 2. The van der Waals surface area contributed by atoms with Crippen molar-refractivity contribution in [3.05, 3.63) is 52.5 Å². The third-order valence-electron chi connectivity index (χ3n) is 6.63. The lowest BCUT2D eigenvalue weighted by molar-refractivity contribution is 0.0657. The van der Waals surface area contributed by atoms with Gasteiger partial charge in [-0.3, -0.25) is 9.59 Å². The van der Waals surface area contributed by atoms with Crippen molar-refractivity contribution in [1.29, 1.82) is 0 Å². The first-order valence-corrected chi connectivity index (χ1v) is 10.5. The zero-order valence-electron chi connectivity index (χ0n) is 16.9. The van der Waals surface area contributed by atoms with E-state index < -0.39 is 0 Å². The maximum absolute atomic E-state index is 12.9. The van der Waals surface area contributed by atoms with Crippen LogP contribution in [0.1, 0.15) is 46.0 Å². The smallest absolute Gasteiger partial charge is 0.276 e. The summed E-state index contributed by atoms with van der Waals surface area (Å²) in [5.41, 5.74) is 2.02. The highest BCUT2D eigenvalue weighted by Crippen LogP contribution is 2.54. The van der Waals surface area contributed by atoms with E-state index in [0.29, 0.717) is 35.3 Å². The Morgan fingerprint density at radius 1 is 1.23 bits per heavy atom. The predicted octanol–water partition coefficient (Wildman–Crippen LogP) is 3.55. The van der Waals surface area contributed by atoms with Crippen LogP contribution in [0.2, 0.25) is 5.02 Å². The Labute approximate surface area is 178 Å². The molecule has 0 radical (unpaired) electrons. The summed E-state index contributed by atoms with van der Waals surface area (Å²) in [5, 5.41) is 8.68. The van der Waals surface area contributed by atoms with Gasteiger partial charge in [-0.2, -0.15) is 0 Å². The molecule has 1 N–H and O–H groups in total. The third-order valence-corrected chi connectivity index (χ3v) is 6.86. The number of piperidine rings is 1. The van der Waals surface area contributed by atoms with Crippen LogP contribution in [0.3, 0.4) is 0 Å². The molecule has 3 aromatic rings. The number of benzene rings is 1. The minimum atomic E-state index is -0.0860. The number of carbonyl (C=O) groups excluding carboxylic acids is 2. The number of rotatable bonds is 3. The maximum Gasteiger partial charge on any atom is 0.276 e. The summed E-state index contributed by atoms with van der Waals surface area (Å²) in [4.78, 5) is 27.3. The fourth-order valence-corrected chi connectivity index (χ4v) is 4.81. The molecule has 2 amide bonds. The molecule has 1 saturated carbocycles. The summed E-state index contributed by atoms with van der Waals surface area (Å²) in [7, 11) is 1.88. The van der Waals surface area contributed by atoms with Crippen LogP contribution in [0.5, 0.6) is 0 Å². The van der Waals surface area contributed by atoms with E-state index in [-0.39, 0.29) is 23.3 Å². The fourth-order valence-electron chi connectivity index (χ4n) is 4.64. The lowest BCUT2D eigenvalue weighted by atomic mass is 9.92. The topological polar surface area (TPSA) is 80.4 Å². The van der Waals surface area contributed by atoms with Crippen LogP contribution in [0, 0.1) is 12.3 Å². The van der Waals surface area contributed by atoms with E-state index in [1.54, 1.807) is 13.0 Å². The van der Waals surface area contributed by atoms with Crippen LogP contribution >= 0.6 is 11.6 Å². The summed E-state index contributed by atoms with van der Waals surface area (Å²) < 4.78 is 6.90. The van der Waals surface area contributed by atoms with Crippen molar-refractivity contribution in [3.8, 4) is 0 Å². The number of nitrogens with zero attached hydrogens (tertiary/aromatic N) is 3. The van der Waals surface area contributed by atoms with Gasteiger partial charge >= 0.3 is 0 Å². The van der Waals surface area contributed by atoms with Gasteiger partial charge < -0.3 is 19.3 Å². The van der Waals surface area contributed by atoms with E-state index in [1.165, 1.54) is 0 Å². The van der Waals surface area contributed by atoms with Gasteiger partial charge in [0.05, 0.1) is 0 Å². The van der Waals surface area contributed by atoms with E-state index in [1.807, 2.05) is 40.8 Å². The van der Waals surface area contributed by atoms with Crippen molar-refractivity contribution in [1.82, 2.24) is 19.9 Å². The average molecular weight is 427 g/mol. The van der Waals surface area contributed by atoms with Gasteiger partial charge in [0, 0.05) is 48.2 Å². The van der Waals surface area contributed by atoms with Crippen LogP contribution in [-0.4, -0.2) is 45.6 Å². The molecule has 1 unspecified atom stereocenters. The molecule has 30 heavy (non-hydrogen) atoms. The Balaban J connectivity index is 1.22. The van der Waals surface area contributed by atoms with Crippen LogP contribution < -0.4 is 5.32 Å². The molecule has 5 rings (SSSR count). The lowest BCUT2D eigenvalue weighted by Gasteiger charge is -2.32. The Kier molecular flexibility index (Phi) is 4.39. The average Bonchev–Trinajstić information content (AvgIpc) is 3.04. The molecule has 1 saturated heterocycles. The van der Waals surface area contributed by atoms with Crippen molar-refractivity contribution in [2.45, 2.75) is 32.2 Å². The number of amides is 2. The molecule has 8 heteroatoms. The summed E-state index contributed by atoms with van der Waals surface area (Å²) in [6, 6.07) is 9.35. The third kappa shape index (κ3) is 3.17. The number of hydrogen-bond donors (Lipinski definition) is 1. The van der Waals surface area contributed by atoms with E-state index in [0.717, 1.165) is 30.2 Å². The number of aryl methyl sites for hydroxylation is 2. The van der Waals surface area contributed by atoms with Crippen LogP contribution in [-0.2, 0) is 7.05 Å². The van der Waals surface area contributed by atoms with Crippen LogP contribution in [0.25, 0.3) is 10.9 Å². The molecule has 7 nitrogen and oxygen atoms in total. The van der Waals surface area contributed by atoms with Crippen LogP contribution in [0.15, 0.2) is 34.9 Å². The van der Waals surface area contributed by atoms with Gasteiger partial charge in [0.1, 0.15) is 11.5 Å². The van der Waals surface area contributed by atoms with E-state index in [9.17, 15) is 9.59 Å². The number of likely N-dealkylation sites (tertiary alicyclic amines) is 1. The van der Waals surface area contributed by atoms with Crippen molar-refractivity contribution < 1.29 is 14.1 Å². The van der Waals surface area contributed by atoms with Crippen molar-refractivity contribution in [2.24, 2.45) is 12.5 Å². The van der Waals surface area contributed by atoms with E-state index in [4.69, 9.17) is 16.1 Å². The van der Waals surface area contributed by atoms with Gasteiger partial charge in [-0.05, 0) is 49.8 Å². The highest BCUT2D eigenvalue weighted by atomic mass is 35.5. The predicted molar refractivity (Wildman–Crippen MR) is 113 cm³/mol. The Morgan fingerprint density at radius 2 is 2.00 bits per heavy atom. The molecule has 1 aliphatic heterocycles. The van der Waals surface area contributed by atoms with Gasteiger partial charge in [-0.15, -0.1) is 0 Å². The summed E-state index contributed by atoms with van der Waals surface area (Å²) >= 11 is 6.09. The standard InChI is InChI=1S/C22H23ClN4O3/c1-13-9-16(25-30-13)21(29)27-7-5-22(6-8-27)12-19(22)24-20(28)18-10-14-3-4-15(23)11-17(14)26(18)2/h3-4,9-11,19H,5-8,12H2,1-2H3,(H,24,28). The Bertz CT molecular complexity index is 1160. The first-order chi connectivity index (χ1) is 14.4. The monoisotopic (exact) mass is 426 g/mol. The first-order valence-electron chi connectivity index (χ1n) is 10.1. The zero-order chi connectivity index (χ0) is 21.0. The first kappa shape index (κ1) is 19.2. The second-order valence-electron chi connectivity index (χ2n) is 8.50. The number of nitrogens with one attached hydrogen (secondary N) is 1. The minimum absolute atomic E-state index is 0.0664. The van der Waals surface area contributed by atoms with Crippen LogP contribution in [0.4, 0.5) is 0 Å². The minimum Gasteiger partial charge on any atom is -0.361 e. The molecule has 1 atom stereocenters. The van der Waals surface area contributed by atoms with Gasteiger partial charge in [-0.1, -0.05) is 22.8 Å². The van der Waals surface area contributed by atoms with Crippen molar-refractivity contribution >= 4 is 34.3 Å². The summed E-state index contributed by atoms with van der Waals surface area (Å²) in [6.45, 7) is 3.12. The van der Waals surface area contributed by atoms with E-state index >= 15 is 0 Å². The van der Waals surface area contributed by atoms with E-state index in [2.05, 4.69) is 10.5 Å². The molecule has 1 aliphatic carbocycles. The zero-order valence-corrected chi connectivity index (χ0v) is 17.7. The molecule has 0 bridgehead atoms. The number of hydrogen-bond acceptors (Lipinski definition) is 4. The summed E-state index contributed by atoms with van der Waals surface area (Å²) in [5.74, 6) is 0.479. The quantitative estimate of drug-likeness (QED) is 0.694. The van der Waals surface area contributed by atoms with Gasteiger partial charge in [-0.25, -0.2) is 0 Å². The Morgan fingerprint density at radius 3 is 2.70 bits per heavy atom. The van der Waals surface area contributed by atoms with Gasteiger partial charge in [0.2, 0.25) is 0 Å². The molecule has 2 aliphatic rings. The molecule has 1 aromatic carbocycles. The second kappa shape index (κ2) is 6.87. The lowest BCUT2D eigenvalue weighted by Crippen LogP contribution is -2.42. The normalized spacial score (nSPS) is 20.0. The fraction of sp³-hybridized carbons (Fsp3) is 0.409. The highest BCUT2D eigenvalue weighted by molar-refractivity contribution is 6.31. The molecule has 2 aromatic heterocycles. The van der Waals surface area contributed by atoms with Crippen molar-refractivity contribution in [2.75, 3.05) is 13.1 Å². The van der Waals surface area contributed by atoms with Gasteiger partial charge in [0.25, 0.3) is 11.8 Å². The highest BCUT2D eigenvalue weighted by Gasteiger charge is 2.56. The second-order valence-corrected chi connectivity index (χ2v) is 8.94. The largest absolute Gasteiger partial charge is 0.361 e. The maximum atomic E-state index is 12.9. The summed E-state index contributed by atoms with van der Waals surface area (Å²) in [6.07, 6.45) is 2.72. The SMILES string of the molecule is Cc1cc(C(=O)N2CCC3(CC2)CC3NC(=O)c2cc3ccc(Cl)cc3n2C)no1. The van der Waals surface area contributed by atoms with Crippen molar-refractivity contribution in [3.63, 3.8) is 0 Å². The molecule has 1 spiro atoms. The molecule has 156 valence electrons. The molecular weight excluding hydrogens is 404 g/mol. The number of halogens is 1. The van der Waals surface area contributed by atoms with Gasteiger partial charge in [0.15, 0.2) is 5.69 Å².